The maximum atomic E-state index is 12.5. The summed E-state index contributed by atoms with van der Waals surface area (Å²) in [5.41, 5.74) is 1.70. The minimum Gasteiger partial charge on any atom is -0.497 e. The van der Waals surface area contributed by atoms with Crippen molar-refractivity contribution in [3.05, 3.63) is 104 Å². The van der Waals surface area contributed by atoms with Crippen molar-refractivity contribution in [2.45, 2.75) is 13.1 Å². The normalized spacial score (nSPS) is 10.7. The van der Waals surface area contributed by atoms with Crippen LogP contribution in [0.4, 0.5) is 0 Å². The molecular formula is C23H20N4O4. The zero-order chi connectivity index (χ0) is 21.8. The molecule has 0 bridgehead atoms. The molecule has 156 valence electrons. The van der Waals surface area contributed by atoms with Gasteiger partial charge in [0.05, 0.1) is 19.2 Å². The molecule has 0 spiro atoms. The average molecular weight is 416 g/mol. The summed E-state index contributed by atoms with van der Waals surface area (Å²) in [7, 11) is 1.60. The molecule has 0 saturated heterocycles. The highest BCUT2D eigenvalue weighted by Crippen LogP contribution is 2.13. The van der Waals surface area contributed by atoms with Crippen LogP contribution in [0.3, 0.4) is 0 Å². The van der Waals surface area contributed by atoms with Crippen molar-refractivity contribution in [3.63, 3.8) is 0 Å². The molecule has 4 rings (SSSR count). The van der Waals surface area contributed by atoms with Gasteiger partial charge in [0.25, 0.3) is 5.91 Å². The van der Waals surface area contributed by atoms with Gasteiger partial charge in [-0.3, -0.25) is 19.0 Å². The quantitative estimate of drug-likeness (QED) is 0.468. The first-order valence-corrected chi connectivity index (χ1v) is 9.63. The number of ether oxygens (including phenoxy) is 1. The van der Waals surface area contributed by atoms with Crippen LogP contribution < -0.4 is 21.2 Å². The molecule has 2 heterocycles. The minimum absolute atomic E-state index is 0.169. The van der Waals surface area contributed by atoms with Crippen molar-refractivity contribution >= 4 is 17.1 Å². The van der Waals surface area contributed by atoms with Crippen molar-refractivity contribution < 1.29 is 9.53 Å². The Kier molecular flexibility index (Phi) is 5.61. The van der Waals surface area contributed by atoms with Gasteiger partial charge in [-0.1, -0.05) is 24.3 Å². The van der Waals surface area contributed by atoms with Crippen molar-refractivity contribution in [2.24, 2.45) is 0 Å². The summed E-state index contributed by atoms with van der Waals surface area (Å²) in [5, 5.41) is 2.87. The smallest absolute Gasteiger partial charge is 0.318 e. The highest BCUT2D eigenvalue weighted by Gasteiger charge is 2.10. The van der Waals surface area contributed by atoms with Crippen LogP contribution in [0.15, 0.2) is 76.4 Å². The van der Waals surface area contributed by atoms with Crippen molar-refractivity contribution in [1.29, 1.82) is 0 Å². The van der Waals surface area contributed by atoms with Gasteiger partial charge in [-0.15, -0.1) is 0 Å². The van der Waals surface area contributed by atoms with Crippen LogP contribution in [0.1, 0.15) is 21.5 Å². The molecule has 0 atom stereocenters. The van der Waals surface area contributed by atoms with Gasteiger partial charge in [0, 0.05) is 18.3 Å². The predicted octanol–water partition coefficient (Wildman–Crippen LogP) is 2.07. The monoisotopic (exact) mass is 416 g/mol. The van der Waals surface area contributed by atoms with Crippen LogP contribution in [0.25, 0.3) is 11.2 Å². The Morgan fingerprint density at radius 3 is 2.65 bits per heavy atom. The summed E-state index contributed by atoms with van der Waals surface area (Å²) in [6, 6.07) is 17.7. The third-order valence-corrected chi connectivity index (χ3v) is 4.87. The molecule has 0 unspecified atom stereocenters. The number of amides is 1. The summed E-state index contributed by atoms with van der Waals surface area (Å²) >= 11 is 0. The molecule has 0 aliphatic rings. The number of H-pyrrole nitrogens is 1. The van der Waals surface area contributed by atoms with E-state index in [0.29, 0.717) is 23.3 Å². The molecule has 0 aliphatic heterocycles. The number of hydrogen-bond donors (Lipinski definition) is 2. The van der Waals surface area contributed by atoms with E-state index in [1.165, 1.54) is 4.57 Å². The topological polar surface area (TPSA) is 106 Å². The molecule has 2 aromatic carbocycles. The molecule has 8 heteroatoms. The summed E-state index contributed by atoms with van der Waals surface area (Å²) in [4.78, 5) is 43.5. The summed E-state index contributed by atoms with van der Waals surface area (Å²) in [5.74, 6) is 0.517. The van der Waals surface area contributed by atoms with E-state index < -0.39 is 11.1 Å². The van der Waals surface area contributed by atoms with E-state index in [2.05, 4.69) is 15.3 Å². The lowest BCUT2D eigenvalue weighted by molar-refractivity contribution is 0.0951. The van der Waals surface area contributed by atoms with E-state index in [-0.39, 0.29) is 12.5 Å². The van der Waals surface area contributed by atoms with Crippen molar-refractivity contribution in [1.82, 2.24) is 19.9 Å². The van der Waals surface area contributed by atoms with Gasteiger partial charge in [-0.05, 0) is 47.5 Å². The number of aromatic amines is 1. The molecule has 4 aromatic rings. The molecule has 0 radical (unpaired) electrons. The molecule has 0 saturated carbocycles. The first kappa shape index (κ1) is 20.1. The fourth-order valence-corrected chi connectivity index (χ4v) is 3.26. The van der Waals surface area contributed by atoms with Gasteiger partial charge in [0.2, 0.25) is 0 Å². The summed E-state index contributed by atoms with van der Waals surface area (Å²) in [6.45, 7) is 0.541. The number of pyridine rings is 1. The third-order valence-electron chi connectivity index (χ3n) is 4.87. The Hall–Kier alpha value is -4.20. The van der Waals surface area contributed by atoms with Crippen LogP contribution in [-0.2, 0) is 13.1 Å². The first-order chi connectivity index (χ1) is 15.0. The molecular weight excluding hydrogens is 396 g/mol. The summed E-state index contributed by atoms with van der Waals surface area (Å²) < 4.78 is 6.51. The Labute approximate surface area is 177 Å². The highest BCUT2D eigenvalue weighted by molar-refractivity contribution is 5.94. The van der Waals surface area contributed by atoms with Gasteiger partial charge >= 0.3 is 11.1 Å². The Bertz CT molecular complexity index is 1360. The molecule has 31 heavy (non-hydrogen) atoms. The zero-order valence-electron chi connectivity index (χ0n) is 16.8. The van der Waals surface area contributed by atoms with Gasteiger partial charge in [0.15, 0.2) is 5.65 Å². The van der Waals surface area contributed by atoms with Crippen molar-refractivity contribution in [3.8, 4) is 5.75 Å². The van der Waals surface area contributed by atoms with Crippen LogP contribution in [0.2, 0.25) is 0 Å². The summed E-state index contributed by atoms with van der Waals surface area (Å²) in [6.07, 6.45) is 1.56. The van der Waals surface area contributed by atoms with E-state index >= 15 is 0 Å². The predicted molar refractivity (Wildman–Crippen MR) is 116 cm³/mol. The van der Waals surface area contributed by atoms with E-state index in [9.17, 15) is 14.4 Å². The maximum absolute atomic E-state index is 12.5. The number of nitrogens with one attached hydrogen (secondary N) is 2. The lowest BCUT2D eigenvalue weighted by Gasteiger charge is -2.10. The minimum atomic E-state index is -0.700. The van der Waals surface area contributed by atoms with Crippen LogP contribution in [0.5, 0.6) is 5.75 Å². The van der Waals surface area contributed by atoms with Crippen molar-refractivity contribution in [2.75, 3.05) is 7.11 Å². The van der Waals surface area contributed by atoms with E-state index in [0.717, 1.165) is 16.9 Å². The average Bonchev–Trinajstić information content (AvgIpc) is 2.81. The van der Waals surface area contributed by atoms with E-state index in [1.54, 1.807) is 49.7 Å². The standard InChI is InChI=1S/C23H20N4O4/c1-31-18-5-2-4-16(12-18)13-25-21(28)17-9-7-15(8-10-17)14-27-20-19(6-3-11-24-20)26-22(29)23(27)30/h2-12H,13-14H2,1H3,(H,25,28)(H,26,29). The Balaban J connectivity index is 1.49. The molecule has 1 amide bonds. The molecule has 2 aromatic heterocycles. The second-order valence-electron chi connectivity index (χ2n) is 6.95. The van der Waals surface area contributed by atoms with Gasteiger partial charge in [-0.25, -0.2) is 4.98 Å². The largest absolute Gasteiger partial charge is 0.497 e. The molecule has 2 N–H and O–H groups in total. The molecule has 0 aliphatic carbocycles. The fourth-order valence-electron chi connectivity index (χ4n) is 3.26. The second kappa shape index (κ2) is 8.66. The number of carbonyl (C=O) groups excluding carboxylic acids is 1. The Morgan fingerprint density at radius 2 is 1.87 bits per heavy atom. The van der Waals surface area contributed by atoms with Crippen LogP contribution >= 0.6 is 0 Å². The third kappa shape index (κ3) is 4.37. The molecule has 0 fully saturated rings. The Morgan fingerprint density at radius 1 is 1.06 bits per heavy atom. The van der Waals surface area contributed by atoms with Gasteiger partial charge in [-0.2, -0.15) is 0 Å². The second-order valence-corrected chi connectivity index (χ2v) is 6.95. The number of fused-ring (bicyclic) bond motifs is 1. The van der Waals surface area contributed by atoms with Crippen LogP contribution in [-0.4, -0.2) is 27.6 Å². The number of benzene rings is 2. The number of aromatic nitrogens is 3. The number of methoxy groups -OCH3 is 1. The first-order valence-electron chi connectivity index (χ1n) is 9.63. The number of hydrogen-bond acceptors (Lipinski definition) is 5. The molecule has 8 nitrogen and oxygen atoms in total. The maximum Gasteiger partial charge on any atom is 0.318 e. The van der Waals surface area contributed by atoms with E-state index in [1.807, 2.05) is 24.3 Å². The van der Waals surface area contributed by atoms with Gasteiger partial charge in [0.1, 0.15) is 5.75 Å². The highest BCUT2D eigenvalue weighted by atomic mass is 16.5. The number of nitrogens with zero attached hydrogens (tertiary/aromatic N) is 2. The van der Waals surface area contributed by atoms with Crippen LogP contribution in [0, 0.1) is 0 Å². The van der Waals surface area contributed by atoms with Gasteiger partial charge < -0.3 is 15.0 Å². The SMILES string of the molecule is COc1cccc(CNC(=O)c2ccc(Cn3c(=O)c(=O)[nH]c4cccnc43)cc2)c1. The van der Waals surface area contributed by atoms with E-state index in [4.69, 9.17) is 4.74 Å². The lowest BCUT2D eigenvalue weighted by atomic mass is 10.1. The zero-order valence-corrected chi connectivity index (χ0v) is 16.8. The lowest BCUT2D eigenvalue weighted by Crippen LogP contribution is -2.36. The number of carbonyl (C=O) groups is 1. The number of rotatable bonds is 6. The fraction of sp³-hybridized carbons (Fsp3) is 0.130.